The van der Waals surface area contributed by atoms with Gasteiger partial charge in [-0.3, -0.25) is 14.5 Å². The Morgan fingerprint density at radius 1 is 1.26 bits per heavy atom. The van der Waals surface area contributed by atoms with Crippen molar-refractivity contribution in [2.75, 3.05) is 11.9 Å². The first-order chi connectivity index (χ1) is 11.0. The molecule has 0 atom stereocenters. The molecule has 1 N–H and O–H groups in total. The number of imide groups is 1. The molecule has 2 amide bonds. The Morgan fingerprint density at radius 3 is 2.43 bits per heavy atom. The van der Waals surface area contributed by atoms with Crippen molar-refractivity contribution in [3.63, 3.8) is 0 Å². The minimum Gasteiger partial charge on any atom is -0.357 e. The van der Waals surface area contributed by atoms with Gasteiger partial charge in [0.1, 0.15) is 0 Å². The lowest BCUT2D eigenvalue weighted by Gasteiger charge is -2.21. The van der Waals surface area contributed by atoms with Crippen LogP contribution >= 0.6 is 0 Å². The fraction of sp³-hybridized carbons (Fsp3) is 0.389. The Hall–Kier alpha value is -2.61. The Kier molecular flexibility index (Phi) is 3.91. The van der Waals surface area contributed by atoms with Gasteiger partial charge in [-0.1, -0.05) is 25.0 Å². The molecule has 23 heavy (non-hydrogen) atoms. The van der Waals surface area contributed by atoms with Crippen LogP contribution in [0.2, 0.25) is 0 Å². The highest BCUT2D eigenvalue weighted by Crippen LogP contribution is 2.40. The summed E-state index contributed by atoms with van der Waals surface area (Å²) in [5, 5.41) is 12.7. The summed E-state index contributed by atoms with van der Waals surface area (Å²) in [6, 6.07) is 10.3. The number of anilines is 1. The predicted octanol–water partition coefficient (Wildman–Crippen LogP) is 2.71. The highest BCUT2D eigenvalue weighted by molar-refractivity contribution is 6.03. The Labute approximate surface area is 135 Å². The van der Waals surface area contributed by atoms with E-state index in [9.17, 15) is 14.9 Å². The normalized spacial score (nSPS) is 19.4. The maximum absolute atomic E-state index is 11.7. The molecule has 0 spiro atoms. The minimum atomic E-state index is -0.341. The first-order valence-electron chi connectivity index (χ1n) is 7.85. The Balaban J connectivity index is 1.72. The smallest absolute Gasteiger partial charge is 0.255 e. The molecule has 0 aromatic heterocycles. The molecule has 3 rings (SSSR count). The third-order valence-electron chi connectivity index (χ3n) is 4.69. The molecule has 0 radical (unpaired) electrons. The molecule has 2 aliphatic rings. The van der Waals surface area contributed by atoms with E-state index in [0.717, 1.165) is 36.9 Å². The summed E-state index contributed by atoms with van der Waals surface area (Å²) in [4.78, 5) is 24.2. The first-order valence-corrected chi connectivity index (χ1v) is 7.85. The lowest BCUT2D eigenvalue weighted by Crippen LogP contribution is -2.31. The van der Waals surface area contributed by atoms with E-state index in [1.54, 1.807) is 0 Å². The number of nitrogens with one attached hydrogen (secondary N) is 1. The van der Waals surface area contributed by atoms with Crippen LogP contribution in [-0.4, -0.2) is 23.3 Å². The van der Waals surface area contributed by atoms with Crippen LogP contribution in [0.15, 0.2) is 36.0 Å². The summed E-state index contributed by atoms with van der Waals surface area (Å²) in [5.41, 5.74) is 2.27. The summed E-state index contributed by atoms with van der Waals surface area (Å²) in [6.07, 6.45) is 5.49. The van der Waals surface area contributed by atoms with Crippen LogP contribution in [-0.2, 0) is 15.0 Å². The summed E-state index contributed by atoms with van der Waals surface area (Å²) >= 11 is 0. The number of hydrogen-bond donors (Lipinski definition) is 1. The monoisotopic (exact) mass is 309 g/mol. The summed E-state index contributed by atoms with van der Waals surface area (Å²) in [6.45, 7) is 1.66. The van der Waals surface area contributed by atoms with Crippen LogP contribution < -0.4 is 5.32 Å². The second-order valence-electron chi connectivity index (χ2n) is 6.22. The van der Waals surface area contributed by atoms with Crippen LogP contribution in [0.4, 0.5) is 5.69 Å². The molecule has 5 nitrogen and oxygen atoms in total. The fourth-order valence-electron chi connectivity index (χ4n) is 3.36. The molecule has 1 saturated carbocycles. The molecule has 1 aliphatic carbocycles. The zero-order chi connectivity index (χ0) is 16.4. The van der Waals surface area contributed by atoms with Crippen molar-refractivity contribution in [2.24, 2.45) is 0 Å². The molecule has 0 saturated heterocycles. The molecule has 1 heterocycles. The van der Waals surface area contributed by atoms with Gasteiger partial charge in [0.15, 0.2) is 0 Å². The SMILES string of the molecule is CC(=O)N1CC(Nc2ccc(C3(C#N)CCCC3)cc2)=CC1=O. The van der Waals surface area contributed by atoms with Crippen molar-refractivity contribution in [3.8, 4) is 6.07 Å². The van der Waals surface area contributed by atoms with Gasteiger partial charge >= 0.3 is 0 Å². The van der Waals surface area contributed by atoms with E-state index in [4.69, 9.17) is 0 Å². The topological polar surface area (TPSA) is 73.2 Å². The van der Waals surface area contributed by atoms with Crippen molar-refractivity contribution < 1.29 is 9.59 Å². The number of carbonyl (C=O) groups excluding carboxylic acids is 2. The fourth-order valence-corrected chi connectivity index (χ4v) is 3.36. The van der Waals surface area contributed by atoms with E-state index >= 15 is 0 Å². The van der Waals surface area contributed by atoms with E-state index in [2.05, 4.69) is 11.4 Å². The maximum Gasteiger partial charge on any atom is 0.255 e. The summed E-state index contributed by atoms with van der Waals surface area (Å²) in [5.74, 6) is -0.540. The standard InChI is InChI=1S/C18H19N3O2/c1-13(22)21-11-16(10-17(21)23)20-15-6-4-14(5-7-15)18(12-19)8-2-3-9-18/h4-7,10,20H,2-3,8-9,11H2,1H3. The second-order valence-corrected chi connectivity index (χ2v) is 6.22. The van der Waals surface area contributed by atoms with Gasteiger partial charge in [0.05, 0.1) is 18.0 Å². The zero-order valence-electron chi connectivity index (χ0n) is 13.1. The molecule has 5 heteroatoms. The van der Waals surface area contributed by atoms with Gasteiger partial charge in [-0.15, -0.1) is 0 Å². The molecule has 0 bridgehead atoms. The highest BCUT2D eigenvalue weighted by Gasteiger charge is 2.35. The van der Waals surface area contributed by atoms with Gasteiger partial charge in [0.2, 0.25) is 5.91 Å². The maximum atomic E-state index is 11.7. The summed E-state index contributed by atoms with van der Waals surface area (Å²) < 4.78 is 0. The molecule has 1 aromatic carbocycles. The minimum absolute atomic E-state index is 0.254. The summed E-state index contributed by atoms with van der Waals surface area (Å²) in [7, 11) is 0. The van der Waals surface area contributed by atoms with Gasteiger partial charge in [0.25, 0.3) is 5.91 Å². The van der Waals surface area contributed by atoms with Crippen molar-refractivity contribution in [2.45, 2.75) is 38.0 Å². The van der Waals surface area contributed by atoms with Crippen LogP contribution in [0.25, 0.3) is 0 Å². The average Bonchev–Trinajstić information content (AvgIpc) is 3.15. The Morgan fingerprint density at radius 2 is 1.91 bits per heavy atom. The van der Waals surface area contributed by atoms with Gasteiger partial charge in [-0.2, -0.15) is 5.26 Å². The molecule has 0 unspecified atom stereocenters. The van der Waals surface area contributed by atoms with E-state index < -0.39 is 0 Å². The zero-order valence-corrected chi connectivity index (χ0v) is 13.1. The van der Waals surface area contributed by atoms with E-state index in [-0.39, 0.29) is 23.8 Å². The van der Waals surface area contributed by atoms with E-state index in [1.165, 1.54) is 17.9 Å². The predicted molar refractivity (Wildman–Crippen MR) is 86.3 cm³/mol. The highest BCUT2D eigenvalue weighted by atomic mass is 16.2. The van der Waals surface area contributed by atoms with E-state index in [0.29, 0.717) is 5.70 Å². The second kappa shape index (κ2) is 5.88. The molecular weight excluding hydrogens is 290 g/mol. The quantitative estimate of drug-likeness (QED) is 0.931. The largest absolute Gasteiger partial charge is 0.357 e. The van der Waals surface area contributed by atoms with Gasteiger partial charge in [0, 0.05) is 24.4 Å². The van der Waals surface area contributed by atoms with Gasteiger partial charge in [-0.25, -0.2) is 0 Å². The van der Waals surface area contributed by atoms with Crippen LogP contribution in [0.3, 0.4) is 0 Å². The number of carbonyl (C=O) groups is 2. The number of amides is 2. The number of nitrogens with zero attached hydrogens (tertiary/aromatic N) is 2. The third kappa shape index (κ3) is 2.85. The van der Waals surface area contributed by atoms with Crippen molar-refractivity contribution in [1.82, 2.24) is 4.90 Å². The van der Waals surface area contributed by atoms with Crippen molar-refractivity contribution in [1.29, 1.82) is 5.26 Å². The van der Waals surface area contributed by atoms with Crippen LogP contribution in [0.1, 0.15) is 38.2 Å². The van der Waals surface area contributed by atoms with Crippen molar-refractivity contribution in [3.05, 3.63) is 41.6 Å². The molecule has 1 fully saturated rings. The number of nitriles is 1. The number of rotatable bonds is 3. The Bertz CT molecular complexity index is 707. The average molecular weight is 309 g/mol. The number of hydrogen-bond acceptors (Lipinski definition) is 4. The molecule has 1 aliphatic heterocycles. The lowest BCUT2D eigenvalue weighted by atomic mass is 9.80. The van der Waals surface area contributed by atoms with Crippen LogP contribution in [0.5, 0.6) is 0 Å². The lowest BCUT2D eigenvalue weighted by molar-refractivity contribution is -0.138. The molecular formula is C18H19N3O2. The van der Waals surface area contributed by atoms with Gasteiger partial charge < -0.3 is 5.32 Å². The van der Waals surface area contributed by atoms with E-state index in [1.807, 2.05) is 24.3 Å². The van der Waals surface area contributed by atoms with Crippen molar-refractivity contribution >= 4 is 17.5 Å². The van der Waals surface area contributed by atoms with Gasteiger partial charge in [-0.05, 0) is 30.5 Å². The molecule has 118 valence electrons. The number of benzene rings is 1. The molecule has 1 aromatic rings. The van der Waals surface area contributed by atoms with Crippen LogP contribution in [0, 0.1) is 11.3 Å². The first kappa shape index (κ1) is 15.3. The third-order valence-corrected chi connectivity index (χ3v) is 4.69.